The molecule has 0 radical (unpaired) electrons. The Morgan fingerprint density at radius 1 is 1.22 bits per heavy atom. The zero-order chi connectivity index (χ0) is 16.4. The number of carbonyl (C=O) groups excluding carboxylic acids is 1. The summed E-state index contributed by atoms with van der Waals surface area (Å²) >= 11 is 0. The first kappa shape index (κ1) is 16.5. The Kier molecular flexibility index (Phi) is 4.76. The molecule has 1 saturated heterocycles. The first-order chi connectivity index (χ1) is 11.0. The van der Waals surface area contributed by atoms with Crippen molar-refractivity contribution in [2.24, 2.45) is 11.8 Å². The summed E-state index contributed by atoms with van der Waals surface area (Å²) in [5, 5.41) is 0. The quantitative estimate of drug-likeness (QED) is 0.831. The van der Waals surface area contributed by atoms with E-state index in [1.54, 1.807) is 0 Å². The molecule has 0 N–H and O–H groups in total. The number of rotatable bonds is 5. The lowest BCUT2D eigenvalue weighted by atomic mass is 9.84. The molecule has 5 heteroatoms. The zero-order valence-electron chi connectivity index (χ0n) is 13.6. The lowest BCUT2D eigenvalue weighted by Crippen LogP contribution is -2.42. The minimum atomic E-state index is -3.03. The van der Waals surface area contributed by atoms with Crippen molar-refractivity contribution >= 4 is 15.7 Å². The van der Waals surface area contributed by atoms with Gasteiger partial charge >= 0.3 is 0 Å². The standard InChI is InChI=1S/C18H25NO3S/c1-14(16-8-3-2-4-9-16)19(12-15-6-5-7-15)18(20)17-10-11-23(21,22)13-17/h2-4,8-9,14-15,17H,5-7,10-13H2,1H3. The molecule has 0 bridgehead atoms. The Hall–Kier alpha value is -1.36. The SMILES string of the molecule is CC(c1ccccc1)N(CC1CCC1)C(=O)C1CCS(=O)(=O)C1. The minimum Gasteiger partial charge on any atom is -0.335 e. The van der Waals surface area contributed by atoms with E-state index in [-0.39, 0.29) is 29.4 Å². The molecule has 0 aromatic heterocycles. The molecule has 0 spiro atoms. The predicted octanol–water partition coefficient (Wildman–Crippen LogP) is 2.81. The van der Waals surface area contributed by atoms with Gasteiger partial charge in [0.05, 0.1) is 23.5 Å². The molecule has 2 unspecified atom stereocenters. The van der Waals surface area contributed by atoms with Crippen LogP contribution in [0.5, 0.6) is 0 Å². The van der Waals surface area contributed by atoms with Crippen molar-refractivity contribution in [2.45, 2.75) is 38.6 Å². The first-order valence-electron chi connectivity index (χ1n) is 8.52. The van der Waals surface area contributed by atoms with Crippen molar-refractivity contribution < 1.29 is 13.2 Å². The molecule has 1 aromatic rings. The summed E-state index contributed by atoms with van der Waals surface area (Å²) in [5.41, 5.74) is 1.11. The summed E-state index contributed by atoms with van der Waals surface area (Å²) in [4.78, 5) is 14.9. The summed E-state index contributed by atoms with van der Waals surface area (Å²) in [5.74, 6) is 0.415. The van der Waals surface area contributed by atoms with Gasteiger partial charge in [0.25, 0.3) is 0 Å². The molecule has 2 atom stereocenters. The van der Waals surface area contributed by atoms with Gasteiger partial charge in [0.2, 0.25) is 5.91 Å². The van der Waals surface area contributed by atoms with E-state index in [0.717, 1.165) is 12.1 Å². The predicted molar refractivity (Wildman–Crippen MR) is 90.7 cm³/mol. The van der Waals surface area contributed by atoms with Gasteiger partial charge < -0.3 is 4.90 Å². The van der Waals surface area contributed by atoms with Gasteiger partial charge in [-0.05, 0) is 37.7 Å². The van der Waals surface area contributed by atoms with Crippen LogP contribution in [0.3, 0.4) is 0 Å². The van der Waals surface area contributed by atoms with Crippen LogP contribution in [0.2, 0.25) is 0 Å². The molecule has 1 aliphatic carbocycles. The van der Waals surface area contributed by atoms with Crippen molar-refractivity contribution in [3.63, 3.8) is 0 Å². The van der Waals surface area contributed by atoms with Crippen LogP contribution in [0.25, 0.3) is 0 Å². The molecular weight excluding hydrogens is 310 g/mol. The van der Waals surface area contributed by atoms with Gasteiger partial charge in [0.15, 0.2) is 9.84 Å². The van der Waals surface area contributed by atoms with E-state index in [9.17, 15) is 13.2 Å². The lowest BCUT2D eigenvalue weighted by molar-refractivity contribution is -0.138. The topological polar surface area (TPSA) is 54.5 Å². The first-order valence-corrected chi connectivity index (χ1v) is 10.3. The third kappa shape index (κ3) is 3.77. The van der Waals surface area contributed by atoms with E-state index in [2.05, 4.69) is 6.92 Å². The normalized spacial score (nSPS) is 24.8. The molecule has 4 nitrogen and oxygen atoms in total. The molecule has 2 aliphatic rings. The smallest absolute Gasteiger partial charge is 0.227 e. The van der Waals surface area contributed by atoms with Crippen LogP contribution in [-0.2, 0) is 14.6 Å². The number of hydrogen-bond donors (Lipinski definition) is 0. The number of carbonyl (C=O) groups is 1. The van der Waals surface area contributed by atoms with Crippen LogP contribution >= 0.6 is 0 Å². The van der Waals surface area contributed by atoms with Crippen molar-refractivity contribution in [1.29, 1.82) is 0 Å². The maximum absolute atomic E-state index is 13.0. The maximum atomic E-state index is 13.0. The molecule has 2 fully saturated rings. The van der Waals surface area contributed by atoms with Crippen molar-refractivity contribution in [3.8, 4) is 0 Å². The fourth-order valence-corrected chi connectivity index (χ4v) is 5.26. The number of sulfone groups is 1. The molecule has 1 heterocycles. The molecule has 23 heavy (non-hydrogen) atoms. The van der Waals surface area contributed by atoms with Crippen LogP contribution in [0, 0.1) is 11.8 Å². The van der Waals surface area contributed by atoms with Crippen LogP contribution in [0.1, 0.15) is 44.2 Å². The Morgan fingerprint density at radius 3 is 2.43 bits per heavy atom. The molecule has 1 aliphatic heterocycles. The van der Waals surface area contributed by atoms with Gasteiger partial charge in [0, 0.05) is 6.54 Å². The van der Waals surface area contributed by atoms with Crippen LogP contribution in [0.15, 0.2) is 30.3 Å². The fraction of sp³-hybridized carbons (Fsp3) is 0.611. The summed E-state index contributed by atoms with van der Waals surface area (Å²) in [7, 11) is -3.03. The van der Waals surface area contributed by atoms with Gasteiger partial charge in [-0.1, -0.05) is 36.8 Å². The van der Waals surface area contributed by atoms with E-state index in [0.29, 0.717) is 12.3 Å². The maximum Gasteiger partial charge on any atom is 0.227 e. The van der Waals surface area contributed by atoms with Crippen LogP contribution in [-0.4, -0.2) is 37.3 Å². The summed E-state index contributed by atoms with van der Waals surface area (Å²) in [6, 6.07) is 10.0. The molecular formula is C18H25NO3S. The number of amides is 1. The van der Waals surface area contributed by atoms with E-state index in [1.807, 2.05) is 35.2 Å². The summed E-state index contributed by atoms with van der Waals surface area (Å²) in [6.45, 7) is 2.81. The van der Waals surface area contributed by atoms with E-state index in [4.69, 9.17) is 0 Å². The summed E-state index contributed by atoms with van der Waals surface area (Å²) < 4.78 is 23.5. The van der Waals surface area contributed by atoms with E-state index < -0.39 is 9.84 Å². The van der Waals surface area contributed by atoms with Gasteiger partial charge in [-0.2, -0.15) is 0 Å². The van der Waals surface area contributed by atoms with Crippen molar-refractivity contribution in [3.05, 3.63) is 35.9 Å². The number of benzene rings is 1. The van der Waals surface area contributed by atoms with Crippen molar-refractivity contribution in [2.75, 3.05) is 18.1 Å². The third-order valence-electron chi connectivity index (χ3n) is 5.29. The highest BCUT2D eigenvalue weighted by Gasteiger charge is 2.38. The Balaban J connectivity index is 1.78. The summed E-state index contributed by atoms with van der Waals surface area (Å²) in [6.07, 6.45) is 4.07. The highest BCUT2D eigenvalue weighted by atomic mass is 32.2. The van der Waals surface area contributed by atoms with Gasteiger partial charge in [-0.25, -0.2) is 8.42 Å². The Morgan fingerprint density at radius 2 is 1.91 bits per heavy atom. The van der Waals surface area contributed by atoms with Gasteiger partial charge in [-0.3, -0.25) is 4.79 Å². The highest BCUT2D eigenvalue weighted by Crippen LogP contribution is 2.32. The minimum absolute atomic E-state index is 0.00685. The number of nitrogens with zero attached hydrogens (tertiary/aromatic N) is 1. The Bertz CT molecular complexity index is 652. The average molecular weight is 335 g/mol. The van der Waals surface area contributed by atoms with E-state index in [1.165, 1.54) is 19.3 Å². The largest absolute Gasteiger partial charge is 0.335 e. The molecule has 1 aromatic carbocycles. The zero-order valence-corrected chi connectivity index (χ0v) is 14.5. The molecule has 1 saturated carbocycles. The molecule has 3 rings (SSSR count). The van der Waals surface area contributed by atoms with Crippen molar-refractivity contribution in [1.82, 2.24) is 4.90 Å². The lowest BCUT2D eigenvalue weighted by Gasteiger charge is -2.37. The van der Waals surface area contributed by atoms with Crippen LogP contribution < -0.4 is 0 Å². The fourth-order valence-electron chi connectivity index (χ4n) is 3.53. The highest BCUT2D eigenvalue weighted by molar-refractivity contribution is 7.91. The van der Waals surface area contributed by atoms with Gasteiger partial charge in [-0.15, -0.1) is 0 Å². The van der Waals surface area contributed by atoms with Gasteiger partial charge in [0.1, 0.15) is 0 Å². The Labute approximate surface area is 138 Å². The second-order valence-corrected chi connectivity index (χ2v) is 9.20. The van der Waals surface area contributed by atoms with E-state index >= 15 is 0 Å². The molecule has 1 amide bonds. The average Bonchev–Trinajstić information content (AvgIpc) is 2.86. The monoisotopic (exact) mass is 335 g/mol. The second-order valence-electron chi connectivity index (χ2n) is 6.97. The second kappa shape index (κ2) is 6.63. The molecule has 126 valence electrons. The number of hydrogen-bond acceptors (Lipinski definition) is 3. The third-order valence-corrected chi connectivity index (χ3v) is 7.06. The van der Waals surface area contributed by atoms with Crippen LogP contribution in [0.4, 0.5) is 0 Å².